The highest BCUT2D eigenvalue weighted by molar-refractivity contribution is 6.15. The van der Waals surface area contributed by atoms with E-state index < -0.39 is 0 Å². The summed E-state index contributed by atoms with van der Waals surface area (Å²) in [5.74, 6) is 0. The fourth-order valence-electron chi connectivity index (χ4n) is 2.93. The largest absolute Gasteiger partial charge is 0.315 e. The average Bonchev–Trinajstić information content (AvgIpc) is 2.81. The van der Waals surface area contributed by atoms with E-state index in [4.69, 9.17) is 0 Å². The van der Waals surface area contributed by atoms with Gasteiger partial charge in [0.05, 0.1) is 11.0 Å². The monoisotopic (exact) mass is 219 g/mol. The maximum atomic E-state index is 2.33. The molecule has 0 aliphatic heterocycles. The van der Waals surface area contributed by atoms with Gasteiger partial charge in [-0.2, -0.15) is 0 Å². The molecule has 2 aromatic heterocycles. The lowest BCUT2D eigenvalue weighted by Gasteiger charge is -1.95. The van der Waals surface area contributed by atoms with Crippen molar-refractivity contribution in [2.45, 2.75) is 13.8 Å². The number of hydrogen-bond acceptors (Lipinski definition) is 0. The van der Waals surface area contributed by atoms with E-state index >= 15 is 0 Å². The number of para-hydroxylation sites is 1. The van der Waals surface area contributed by atoms with Gasteiger partial charge in [-0.3, -0.25) is 0 Å². The Morgan fingerprint density at radius 3 is 2.59 bits per heavy atom. The summed E-state index contributed by atoms with van der Waals surface area (Å²) in [4.78, 5) is 0. The van der Waals surface area contributed by atoms with Crippen molar-refractivity contribution < 1.29 is 0 Å². The minimum Gasteiger partial charge on any atom is -0.315 e. The molecule has 0 unspecified atom stereocenters. The molecule has 1 heteroatoms. The number of benzene rings is 2. The van der Waals surface area contributed by atoms with Gasteiger partial charge in [0.15, 0.2) is 0 Å². The second-order valence-electron chi connectivity index (χ2n) is 4.90. The fourth-order valence-corrected chi connectivity index (χ4v) is 2.93. The van der Waals surface area contributed by atoms with Gasteiger partial charge >= 0.3 is 0 Å². The quantitative estimate of drug-likeness (QED) is 0.415. The topological polar surface area (TPSA) is 4.41 Å². The molecule has 0 amide bonds. The van der Waals surface area contributed by atoms with Gasteiger partial charge < -0.3 is 4.40 Å². The zero-order valence-electron chi connectivity index (χ0n) is 9.99. The smallest absolute Gasteiger partial charge is 0.0610 e. The minimum absolute atomic E-state index is 1.31. The normalized spacial score (nSPS) is 12.1. The molecule has 0 aliphatic carbocycles. The van der Waals surface area contributed by atoms with E-state index in [2.05, 4.69) is 60.8 Å². The van der Waals surface area contributed by atoms with Crippen molar-refractivity contribution in [2.75, 3.05) is 0 Å². The van der Waals surface area contributed by atoms with Gasteiger partial charge in [0.1, 0.15) is 0 Å². The van der Waals surface area contributed by atoms with Gasteiger partial charge in [0.2, 0.25) is 0 Å². The standard InChI is InChI=1S/C16H13N/c1-10-6-7-15-14(8-10)13-5-3-4-12-11(2)9-17(15)16(12)13/h3-9H,1-2H3. The zero-order chi connectivity index (χ0) is 11.6. The third kappa shape index (κ3) is 0.992. The number of aryl methyl sites for hydroxylation is 2. The second-order valence-corrected chi connectivity index (χ2v) is 4.90. The molecule has 0 spiro atoms. The Morgan fingerprint density at radius 1 is 0.882 bits per heavy atom. The van der Waals surface area contributed by atoms with E-state index in [1.165, 1.54) is 38.3 Å². The molecule has 0 bridgehead atoms. The molecule has 0 N–H and O–H groups in total. The highest BCUT2D eigenvalue weighted by Crippen LogP contribution is 2.34. The van der Waals surface area contributed by atoms with Gasteiger partial charge in [-0.05, 0) is 31.5 Å². The first-order valence-corrected chi connectivity index (χ1v) is 5.98. The highest BCUT2D eigenvalue weighted by Gasteiger charge is 2.13. The summed E-state index contributed by atoms with van der Waals surface area (Å²) < 4.78 is 2.33. The summed E-state index contributed by atoms with van der Waals surface area (Å²) in [6.45, 7) is 4.33. The molecule has 1 nitrogen and oxygen atoms in total. The number of aromatic nitrogens is 1. The first kappa shape index (κ1) is 9.06. The van der Waals surface area contributed by atoms with Crippen LogP contribution in [0.4, 0.5) is 0 Å². The maximum absolute atomic E-state index is 2.33. The van der Waals surface area contributed by atoms with Crippen LogP contribution in [0.25, 0.3) is 27.2 Å². The summed E-state index contributed by atoms with van der Waals surface area (Å²) in [7, 11) is 0. The van der Waals surface area contributed by atoms with Gasteiger partial charge in [-0.15, -0.1) is 0 Å². The molecule has 4 rings (SSSR count). The Hall–Kier alpha value is -2.02. The van der Waals surface area contributed by atoms with E-state index in [1.54, 1.807) is 0 Å². The Labute approximate surface area is 99.6 Å². The predicted octanol–water partition coefficient (Wildman–Crippen LogP) is 4.30. The van der Waals surface area contributed by atoms with Gasteiger partial charge in [-0.25, -0.2) is 0 Å². The first-order valence-electron chi connectivity index (χ1n) is 5.98. The summed E-state index contributed by atoms with van der Waals surface area (Å²) in [6, 6.07) is 13.3. The molecule has 0 atom stereocenters. The van der Waals surface area contributed by atoms with Crippen molar-refractivity contribution in [3.63, 3.8) is 0 Å². The Morgan fingerprint density at radius 2 is 1.71 bits per heavy atom. The fraction of sp³-hybridized carbons (Fsp3) is 0.125. The molecule has 17 heavy (non-hydrogen) atoms. The average molecular weight is 219 g/mol. The van der Waals surface area contributed by atoms with Crippen LogP contribution in [0.15, 0.2) is 42.6 Å². The molecule has 82 valence electrons. The lowest BCUT2D eigenvalue weighted by molar-refractivity contribution is 1.28. The van der Waals surface area contributed by atoms with Crippen LogP contribution in [0.2, 0.25) is 0 Å². The Kier molecular flexibility index (Phi) is 1.49. The van der Waals surface area contributed by atoms with Crippen LogP contribution in [0.1, 0.15) is 11.1 Å². The molecular formula is C16H13N. The number of nitrogens with zero attached hydrogens (tertiary/aromatic N) is 1. The highest BCUT2D eigenvalue weighted by atomic mass is 14.9. The van der Waals surface area contributed by atoms with Crippen molar-refractivity contribution >= 4 is 27.2 Å². The SMILES string of the molecule is Cc1ccc2c(c1)c1cccc3c(C)cn2c31. The van der Waals surface area contributed by atoms with Crippen LogP contribution in [0.3, 0.4) is 0 Å². The molecule has 2 aromatic carbocycles. The molecule has 0 saturated carbocycles. The van der Waals surface area contributed by atoms with E-state index in [0.29, 0.717) is 0 Å². The second kappa shape index (κ2) is 2.80. The lowest BCUT2D eigenvalue weighted by Crippen LogP contribution is -1.77. The van der Waals surface area contributed by atoms with Crippen LogP contribution in [-0.2, 0) is 0 Å². The summed E-state index contributed by atoms with van der Waals surface area (Å²) in [5.41, 5.74) is 5.36. The van der Waals surface area contributed by atoms with Crippen LogP contribution >= 0.6 is 0 Å². The molecule has 0 aliphatic rings. The third-order valence-corrected chi connectivity index (χ3v) is 3.73. The van der Waals surface area contributed by atoms with Crippen molar-refractivity contribution in [1.82, 2.24) is 4.40 Å². The molecular weight excluding hydrogens is 206 g/mol. The van der Waals surface area contributed by atoms with Crippen molar-refractivity contribution in [2.24, 2.45) is 0 Å². The maximum Gasteiger partial charge on any atom is 0.0610 e. The van der Waals surface area contributed by atoms with E-state index in [0.717, 1.165) is 0 Å². The van der Waals surface area contributed by atoms with Crippen LogP contribution in [0.5, 0.6) is 0 Å². The van der Waals surface area contributed by atoms with E-state index in [1.807, 2.05) is 0 Å². The van der Waals surface area contributed by atoms with Crippen LogP contribution in [-0.4, -0.2) is 4.40 Å². The molecule has 4 aromatic rings. The first-order chi connectivity index (χ1) is 8.25. The third-order valence-electron chi connectivity index (χ3n) is 3.73. The summed E-state index contributed by atoms with van der Waals surface area (Å²) in [5, 5.41) is 4.11. The summed E-state index contributed by atoms with van der Waals surface area (Å²) >= 11 is 0. The summed E-state index contributed by atoms with van der Waals surface area (Å²) in [6.07, 6.45) is 2.25. The lowest BCUT2D eigenvalue weighted by atomic mass is 10.1. The molecule has 0 saturated heterocycles. The van der Waals surface area contributed by atoms with Crippen molar-refractivity contribution in [3.8, 4) is 0 Å². The zero-order valence-corrected chi connectivity index (χ0v) is 9.99. The number of fused-ring (bicyclic) bond motifs is 3. The minimum atomic E-state index is 1.31. The molecule has 0 fully saturated rings. The van der Waals surface area contributed by atoms with Crippen LogP contribution < -0.4 is 0 Å². The van der Waals surface area contributed by atoms with Crippen molar-refractivity contribution in [1.29, 1.82) is 0 Å². The molecule has 2 heterocycles. The van der Waals surface area contributed by atoms with E-state index in [-0.39, 0.29) is 0 Å². The van der Waals surface area contributed by atoms with Gasteiger partial charge in [-0.1, -0.05) is 29.8 Å². The number of rotatable bonds is 0. The van der Waals surface area contributed by atoms with Gasteiger partial charge in [0, 0.05) is 22.4 Å². The Balaban J connectivity index is 2.44. The molecule has 0 radical (unpaired) electrons. The van der Waals surface area contributed by atoms with Crippen LogP contribution in [0, 0.1) is 13.8 Å². The number of hydrogen-bond donors (Lipinski definition) is 0. The van der Waals surface area contributed by atoms with E-state index in [9.17, 15) is 0 Å². The predicted molar refractivity (Wildman–Crippen MR) is 73.1 cm³/mol. The van der Waals surface area contributed by atoms with Gasteiger partial charge in [0.25, 0.3) is 0 Å². The Bertz CT molecular complexity index is 847. The van der Waals surface area contributed by atoms with Crippen molar-refractivity contribution in [3.05, 3.63) is 53.7 Å².